The first kappa shape index (κ1) is 75.8. The summed E-state index contributed by atoms with van der Waals surface area (Å²) >= 11 is 0. The Balaban J connectivity index is 1.46. The van der Waals surface area contributed by atoms with Crippen LogP contribution in [0.15, 0.2) is 70.8 Å². The van der Waals surface area contributed by atoms with Crippen LogP contribution >= 0.6 is 0 Å². The van der Waals surface area contributed by atoms with Gasteiger partial charge < -0.3 is 101 Å². The van der Waals surface area contributed by atoms with Gasteiger partial charge in [-0.2, -0.15) is 5.48 Å². The predicted molar refractivity (Wildman–Crippen MR) is 345 cm³/mol. The van der Waals surface area contributed by atoms with E-state index in [0.717, 1.165) is 22.7 Å². The summed E-state index contributed by atoms with van der Waals surface area (Å²) < 4.78 is 0. The van der Waals surface area contributed by atoms with Crippen LogP contribution in [-0.4, -0.2) is 203 Å². The van der Waals surface area contributed by atoms with Crippen LogP contribution in [0.3, 0.4) is 0 Å². The molecule has 0 radical (unpaired) electrons. The van der Waals surface area contributed by atoms with E-state index in [-0.39, 0.29) is 102 Å². The van der Waals surface area contributed by atoms with Crippen LogP contribution in [0.5, 0.6) is 0 Å². The van der Waals surface area contributed by atoms with Crippen molar-refractivity contribution in [3.63, 3.8) is 0 Å². The minimum absolute atomic E-state index is 0.00393. The number of aliphatic hydroxyl groups excluding tert-OH is 2. The monoisotopic (exact) mass is 1330 g/mol. The highest BCUT2D eigenvalue weighted by atomic mass is 16.7. The van der Waals surface area contributed by atoms with Crippen molar-refractivity contribution >= 4 is 93.8 Å². The fourth-order valence-electron chi connectivity index (χ4n) is 10.7. The minimum atomic E-state index is -1.66. The Kier molecular flexibility index (Phi) is 31.0. The standard InChI is InChI=1S/C61H91N19O15/c1-3-4-17-42(73-49(84)31-70-52(87)41(20-12-24-67-60(63)64)75-57(92)47(33-81)72-34(2)82)53(88)77-44-22-23-50(85)95-71-26-11-10-19-40(51(62)86)74-56(91)46(28-36-30-69-39-18-9-8-16-38(36)39)78-54(89)43(21-13-25-68-61(65)66)76-55(90)45(27-35-14-6-5-7-15-35)79-58(93)48-29-37(83)32-80(48)59(44)94/h5-9,14-16,18,30,37,40-48,69,71,81,83H,3-4,10-13,17,19-29,31-33H2,1-2H3,(H2,62,86)(H,70,87)(H,72,82)(H,73,84)(H,74,91)(H,75,92)(H,76,90)(H,77,88)(H,78,89)(H,79,93)(H4,63,64,67)(H4,65,66,68)/t37?,40-,41-,42-,43-,44-,45+,46-,47-,48-/m0/s1. The summed E-state index contributed by atoms with van der Waals surface area (Å²) in [5, 5.41) is 44.8. The lowest BCUT2D eigenvalue weighted by Crippen LogP contribution is -2.60. The van der Waals surface area contributed by atoms with Crippen LogP contribution in [0.4, 0.5) is 0 Å². The van der Waals surface area contributed by atoms with E-state index in [0.29, 0.717) is 24.0 Å². The Morgan fingerprint density at radius 3 is 2.02 bits per heavy atom. The summed E-state index contributed by atoms with van der Waals surface area (Å²) in [7, 11) is 0. The summed E-state index contributed by atoms with van der Waals surface area (Å²) in [4.78, 5) is 184. The molecule has 1 aromatic heterocycles. The van der Waals surface area contributed by atoms with Crippen molar-refractivity contribution in [2.24, 2.45) is 38.7 Å². The first-order valence-corrected chi connectivity index (χ1v) is 31.5. The van der Waals surface area contributed by atoms with Crippen LogP contribution < -0.4 is 82.0 Å². The molecule has 3 heterocycles. The van der Waals surface area contributed by atoms with E-state index >= 15 is 4.79 Å². The molecular weight excluding hydrogens is 1240 g/mol. The first-order chi connectivity index (χ1) is 45.4. The van der Waals surface area contributed by atoms with Gasteiger partial charge in [-0.05, 0) is 75.0 Å². The highest BCUT2D eigenvalue weighted by Gasteiger charge is 2.44. The van der Waals surface area contributed by atoms with Crippen molar-refractivity contribution in [1.82, 2.24) is 63.2 Å². The molecule has 2 saturated heterocycles. The second-order valence-corrected chi connectivity index (χ2v) is 23.1. The van der Waals surface area contributed by atoms with Crippen molar-refractivity contribution in [1.29, 1.82) is 0 Å². The number of nitrogens with one attached hydrogen (secondary N) is 11. The average molecular weight is 1330 g/mol. The number of aliphatic hydroxyl groups is 2. The number of primary amides is 1. The fraction of sp³-hybridized carbons (Fsp3) is 0.541. The number of hydroxylamine groups is 1. The molecule has 520 valence electrons. The Morgan fingerprint density at radius 2 is 1.34 bits per heavy atom. The van der Waals surface area contributed by atoms with E-state index in [1.807, 2.05) is 18.2 Å². The van der Waals surface area contributed by atoms with E-state index in [9.17, 15) is 63.0 Å². The molecule has 2 aliphatic rings. The number of aromatic amines is 1. The van der Waals surface area contributed by atoms with Gasteiger partial charge in [0.05, 0.1) is 19.3 Å². The second-order valence-electron chi connectivity index (χ2n) is 23.1. The number of aliphatic imine (C=N–C) groups is 2. The molecule has 0 spiro atoms. The van der Waals surface area contributed by atoms with Gasteiger partial charge in [0, 0.05) is 75.9 Å². The summed E-state index contributed by atoms with van der Waals surface area (Å²) in [6, 6.07) is 2.82. The summed E-state index contributed by atoms with van der Waals surface area (Å²) in [5.41, 5.74) is 32.3. The number of nitrogens with two attached hydrogens (primary N) is 5. The van der Waals surface area contributed by atoms with E-state index in [1.165, 1.54) is 0 Å². The molecular formula is C61H91N19O15. The molecule has 5 rings (SSSR count). The molecule has 34 nitrogen and oxygen atoms in total. The molecule has 10 atom stereocenters. The smallest absolute Gasteiger partial charge is 0.324 e. The number of hydrogen-bond acceptors (Lipinski definition) is 18. The molecule has 2 aliphatic heterocycles. The lowest BCUT2D eigenvalue weighted by atomic mass is 10.0. The van der Waals surface area contributed by atoms with Crippen molar-refractivity contribution in [2.75, 3.05) is 39.3 Å². The van der Waals surface area contributed by atoms with Gasteiger partial charge in [-0.15, -0.1) is 0 Å². The highest BCUT2D eigenvalue weighted by Crippen LogP contribution is 2.23. The number of H-pyrrole nitrogens is 1. The number of unbranched alkanes of at least 4 members (excludes halogenated alkanes) is 1. The van der Waals surface area contributed by atoms with Crippen LogP contribution in [0.25, 0.3) is 10.9 Å². The topological polar surface area (TPSA) is 549 Å². The highest BCUT2D eigenvalue weighted by molar-refractivity contribution is 5.99. The number of guanidine groups is 2. The maximum Gasteiger partial charge on any atom is 0.324 e. The summed E-state index contributed by atoms with van der Waals surface area (Å²) in [6.45, 7) is 0.970. The zero-order chi connectivity index (χ0) is 69.6. The molecule has 95 heavy (non-hydrogen) atoms. The average Bonchev–Trinajstić information content (AvgIpc) is 1.72. The Bertz CT molecular complexity index is 3190. The van der Waals surface area contributed by atoms with Gasteiger partial charge >= 0.3 is 5.97 Å². The molecule has 1 unspecified atom stereocenters. The van der Waals surface area contributed by atoms with Gasteiger partial charge in [-0.3, -0.25) is 67.5 Å². The summed E-state index contributed by atoms with van der Waals surface area (Å²) in [5.74, 6) is -11.0. The van der Waals surface area contributed by atoms with E-state index in [1.54, 1.807) is 49.5 Å². The lowest BCUT2D eigenvalue weighted by molar-refractivity contribution is -0.152. The Hall–Kier alpha value is -9.96. The molecule has 3 aromatic rings. The Morgan fingerprint density at radius 1 is 0.705 bits per heavy atom. The lowest BCUT2D eigenvalue weighted by Gasteiger charge is -2.31. The maximum absolute atomic E-state index is 15.0. The molecule has 0 aliphatic carbocycles. The van der Waals surface area contributed by atoms with Gasteiger partial charge in [0.25, 0.3) is 0 Å². The van der Waals surface area contributed by atoms with Gasteiger partial charge in [0.15, 0.2) is 11.9 Å². The zero-order valence-electron chi connectivity index (χ0n) is 53.3. The second kappa shape index (κ2) is 38.9. The van der Waals surface area contributed by atoms with E-state index in [4.69, 9.17) is 33.5 Å². The SMILES string of the molecule is CCCC[C@H](NC(=O)CNC(=O)[C@H](CCCN=C(N)N)NC(=O)[C@H](CO)NC(C)=O)C(=O)N[C@H]1CCC(=O)ONCCCC[C@@H](C(N)=O)NC(=O)[C@H](Cc2c[nH]c3ccccc23)NC(=O)[C@H](CCCN=C(N)N)NC(=O)[C@@H](Cc2ccccc2)NC(=O)[C@@H]2CC(O)CN2C1=O. The van der Waals surface area contributed by atoms with Crippen LogP contribution in [-0.2, 0) is 75.2 Å². The quantitative estimate of drug-likeness (QED) is 0.0203. The normalized spacial score (nSPS) is 21.3. The van der Waals surface area contributed by atoms with Gasteiger partial charge in [0.1, 0.15) is 54.4 Å². The molecule has 11 amide bonds. The number of fused-ring (bicyclic) bond motifs is 2. The maximum atomic E-state index is 15.0. The minimum Gasteiger partial charge on any atom is -0.394 e. The number of amides is 11. The van der Waals surface area contributed by atoms with Gasteiger partial charge in [-0.1, -0.05) is 68.3 Å². The number of hydrogen-bond donors (Lipinski definition) is 18. The number of para-hydroxylation sites is 1. The number of rotatable bonds is 26. The van der Waals surface area contributed by atoms with Crippen molar-refractivity contribution in [3.8, 4) is 0 Å². The molecule has 34 heteroatoms. The number of aromatic nitrogens is 1. The largest absolute Gasteiger partial charge is 0.394 e. The zero-order valence-corrected chi connectivity index (χ0v) is 53.3. The third-order valence-corrected chi connectivity index (χ3v) is 15.6. The predicted octanol–water partition coefficient (Wildman–Crippen LogP) is -5.28. The van der Waals surface area contributed by atoms with E-state index < -0.39 is 164 Å². The molecule has 2 fully saturated rings. The van der Waals surface area contributed by atoms with E-state index in [2.05, 4.69) is 68.3 Å². The number of benzene rings is 2. The van der Waals surface area contributed by atoms with Gasteiger partial charge in [0.2, 0.25) is 65.0 Å². The molecule has 0 bridgehead atoms. The number of carbonyl (C=O) groups excluding carboxylic acids is 12. The van der Waals surface area contributed by atoms with Crippen molar-refractivity contribution in [2.45, 2.75) is 171 Å². The third-order valence-electron chi connectivity index (χ3n) is 15.6. The van der Waals surface area contributed by atoms with Crippen LogP contribution in [0.2, 0.25) is 0 Å². The molecule has 23 N–H and O–H groups in total. The number of nitrogens with zero attached hydrogens (tertiary/aromatic N) is 3. The Labute approximate surface area is 548 Å². The van der Waals surface area contributed by atoms with Crippen molar-refractivity contribution < 1.29 is 72.6 Å². The van der Waals surface area contributed by atoms with Crippen molar-refractivity contribution in [3.05, 3.63) is 71.9 Å². The molecule has 0 saturated carbocycles. The summed E-state index contributed by atoms with van der Waals surface area (Å²) in [6.07, 6.45) is 0.0817. The van der Waals surface area contributed by atoms with Crippen LogP contribution in [0.1, 0.15) is 108 Å². The number of carbonyl (C=O) groups is 12. The fourth-order valence-corrected chi connectivity index (χ4v) is 10.7. The van der Waals surface area contributed by atoms with Gasteiger partial charge in [-0.25, -0.2) is 0 Å². The first-order valence-electron chi connectivity index (χ1n) is 31.5. The third kappa shape index (κ3) is 25.5. The van der Waals surface area contributed by atoms with Crippen LogP contribution in [0, 0.1) is 0 Å². The molecule has 2 aromatic carbocycles.